The second kappa shape index (κ2) is 10.4. The highest BCUT2D eigenvalue weighted by molar-refractivity contribution is 6.33. The van der Waals surface area contributed by atoms with Crippen LogP contribution in [-0.4, -0.2) is 44.7 Å². The van der Waals surface area contributed by atoms with Crippen molar-refractivity contribution in [2.45, 2.75) is 19.8 Å². The monoisotopic (exact) mass is 372 g/mol. The number of ether oxygens (including phenoxy) is 3. The number of esters is 2. The molecule has 0 saturated heterocycles. The molecule has 1 aromatic rings. The zero-order chi connectivity index (χ0) is 18.8. The number of benzene rings is 1. The van der Waals surface area contributed by atoms with Crippen LogP contribution in [0, 0.1) is 0 Å². The summed E-state index contributed by atoms with van der Waals surface area (Å²) in [5.41, 5.74) is 5.96. The van der Waals surface area contributed by atoms with Crippen LogP contribution >= 0.6 is 11.6 Å². The van der Waals surface area contributed by atoms with Gasteiger partial charge in [-0.2, -0.15) is 0 Å². The molecule has 138 valence electrons. The smallest absolute Gasteiger partial charge is 0.342 e. The Labute approximate surface area is 150 Å². The van der Waals surface area contributed by atoms with Crippen LogP contribution in [0.2, 0.25) is 5.02 Å². The summed E-state index contributed by atoms with van der Waals surface area (Å²) in [7, 11) is 1.37. The lowest BCUT2D eigenvalue weighted by molar-refractivity contribution is -0.143. The van der Waals surface area contributed by atoms with E-state index in [2.05, 4.69) is 5.32 Å². The highest BCUT2D eigenvalue weighted by Crippen LogP contribution is 2.29. The van der Waals surface area contributed by atoms with Crippen molar-refractivity contribution in [2.24, 2.45) is 0 Å². The molecule has 0 unspecified atom stereocenters. The first kappa shape index (κ1) is 20.6. The van der Waals surface area contributed by atoms with Gasteiger partial charge >= 0.3 is 11.9 Å². The number of hydrogen-bond acceptors (Lipinski definition) is 7. The largest absolute Gasteiger partial charge is 0.496 e. The average molecular weight is 373 g/mol. The molecule has 1 aromatic carbocycles. The fraction of sp³-hybridized carbons (Fsp3) is 0.438. The summed E-state index contributed by atoms with van der Waals surface area (Å²) in [6.07, 6.45) is 0.634. The quantitative estimate of drug-likeness (QED) is 0.383. The Kier molecular flexibility index (Phi) is 8.55. The molecule has 9 heteroatoms. The molecule has 0 fully saturated rings. The van der Waals surface area contributed by atoms with Crippen LogP contribution in [0.1, 0.15) is 30.1 Å². The molecular formula is C16H21ClN2O6. The summed E-state index contributed by atoms with van der Waals surface area (Å²) in [6.45, 7) is 1.84. The van der Waals surface area contributed by atoms with Gasteiger partial charge in [0.15, 0.2) is 6.61 Å². The first-order chi connectivity index (χ1) is 11.9. The van der Waals surface area contributed by atoms with E-state index < -0.39 is 18.5 Å². The van der Waals surface area contributed by atoms with Crippen LogP contribution in [0.4, 0.5) is 5.69 Å². The number of carbonyl (C=O) groups is 3. The van der Waals surface area contributed by atoms with Gasteiger partial charge in [0.25, 0.3) is 5.91 Å². The molecule has 8 nitrogen and oxygen atoms in total. The van der Waals surface area contributed by atoms with E-state index >= 15 is 0 Å². The second-order valence-corrected chi connectivity index (χ2v) is 5.32. The number of methoxy groups -OCH3 is 1. The SMILES string of the molecule is CCOC(=O)CCCNC(=O)COC(=O)c1cc(Cl)c(N)cc1OC. The highest BCUT2D eigenvalue weighted by atomic mass is 35.5. The third kappa shape index (κ3) is 6.88. The van der Waals surface area contributed by atoms with Crippen LogP contribution in [0.5, 0.6) is 5.75 Å². The number of nitrogens with two attached hydrogens (primary N) is 1. The van der Waals surface area contributed by atoms with Gasteiger partial charge in [-0.15, -0.1) is 0 Å². The van der Waals surface area contributed by atoms with Crippen LogP contribution in [-0.2, 0) is 19.1 Å². The minimum absolute atomic E-state index is 0.0665. The van der Waals surface area contributed by atoms with E-state index in [-0.39, 0.29) is 41.0 Å². The fourth-order valence-corrected chi connectivity index (χ4v) is 2.01. The molecule has 3 N–H and O–H groups in total. The van der Waals surface area contributed by atoms with Crippen LogP contribution in [0.15, 0.2) is 12.1 Å². The standard InChI is InChI=1S/C16H21ClN2O6/c1-3-24-15(21)5-4-6-19-14(20)9-25-16(22)10-7-11(17)12(18)8-13(10)23-2/h7-8H,3-6,9,18H2,1-2H3,(H,19,20). The van der Waals surface area contributed by atoms with Crippen molar-refractivity contribution in [3.8, 4) is 5.75 Å². The minimum atomic E-state index is -0.763. The molecule has 0 spiro atoms. The maximum Gasteiger partial charge on any atom is 0.342 e. The van der Waals surface area contributed by atoms with Crippen LogP contribution < -0.4 is 15.8 Å². The zero-order valence-corrected chi connectivity index (χ0v) is 14.9. The van der Waals surface area contributed by atoms with Crippen molar-refractivity contribution in [1.29, 1.82) is 0 Å². The Morgan fingerprint density at radius 2 is 1.96 bits per heavy atom. The van der Waals surface area contributed by atoms with Gasteiger partial charge in [-0.3, -0.25) is 9.59 Å². The highest BCUT2D eigenvalue weighted by Gasteiger charge is 2.17. The zero-order valence-electron chi connectivity index (χ0n) is 14.1. The van der Waals surface area contributed by atoms with Gasteiger partial charge in [0.2, 0.25) is 0 Å². The summed E-state index contributed by atoms with van der Waals surface area (Å²) in [5.74, 6) is -1.38. The molecule has 0 aliphatic rings. The topological polar surface area (TPSA) is 117 Å². The predicted molar refractivity (Wildman–Crippen MR) is 91.6 cm³/mol. The molecule has 0 bridgehead atoms. The maximum atomic E-state index is 12.0. The van der Waals surface area contributed by atoms with Crippen molar-refractivity contribution >= 4 is 35.1 Å². The number of nitrogens with one attached hydrogen (secondary N) is 1. The summed E-state index contributed by atoms with van der Waals surface area (Å²) in [5, 5.41) is 2.71. The van der Waals surface area contributed by atoms with E-state index in [9.17, 15) is 14.4 Å². The third-order valence-electron chi connectivity index (χ3n) is 3.06. The van der Waals surface area contributed by atoms with E-state index in [4.69, 9.17) is 31.5 Å². The number of rotatable bonds is 9. The normalized spacial score (nSPS) is 10.0. The second-order valence-electron chi connectivity index (χ2n) is 4.91. The Balaban J connectivity index is 2.42. The summed E-state index contributed by atoms with van der Waals surface area (Å²) < 4.78 is 14.7. The van der Waals surface area contributed by atoms with E-state index in [1.165, 1.54) is 19.2 Å². The van der Waals surface area contributed by atoms with Gasteiger partial charge in [0.05, 0.1) is 24.4 Å². The van der Waals surface area contributed by atoms with Crippen LogP contribution in [0.3, 0.4) is 0 Å². The average Bonchev–Trinajstić information content (AvgIpc) is 2.58. The summed E-state index contributed by atoms with van der Waals surface area (Å²) in [6, 6.07) is 2.71. The summed E-state index contributed by atoms with van der Waals surface area (Å²) >= 11 is 5.88. The van der Waals surface area contributed by atoms with E-state index in [1.54, 1.807) is 6.92 Å². The van der Waals surface area contributed by atoms with Gasteiger partial charge in [-0.1, -0.05) is 11.6 Å². The molecule has 0 heterocycles. The van der Waals surface area contributed by atoms with Crippen molar-refractivity contribution in [3.05, 3.63) is 22.7 Å². The van der Waals surface area contributed by atoms with Crippen molar-refractivity contribution < 1.29 is 28.6 Å². The van der Waals surface area contributed by atoms with E-state index in [0.29, 0.717) is 13.0 Å². The molecule has 1 amide bonds. The van der Waals surface area contributed by atoms with Crippen molar-refractivity contribution in [2.75, 3.05) is 32.6 Å². The molecular weight excluding hydrogens is 352 g/mol. The van der Waals surface area contributed by atoms with Crippen molar-refractivity contribution in [1.82, 2.24) is 5.32 Å². The Morgan fingerprint density at radius 1 is 1.24 bits per heavy atom. The molecule has 0 atom stereocenters. The molecule has 0 aliphatic carbocycles. The van der Waals surface area contributed by atoms with E-state index in [0.717, 1.165) is 0 Å². The number of carbonyl (C=O) groups excluding carboxylic acids is 3. The third-order valence-corrected chi connectivity index (χ3v) is 3.39. The molecule has 0 aromatic heterocycles. The lowest BCUT2D eigenvalue weighted by Crippen LogP contribution is -2.30. The molecule has 0 saturated carbocycles. The Bertz CT molecular complexity index is 635. The molecule has 0 aliphatic heterocycles. The number of hydrogen-bond donors (Lipinski definition) is 2. The lowest BCUT2D eigenvalue weighted by Gasteiger charge is -2.11. The lowest BCUT2D eigenvalue weighted by atomic mass is 10.2. The predicted octanol–water partition coefficient (Wildman–Crippen LogP) is 1.55. The first-order valence-corrected chi connectivity index (χ1v) is 7.99. The molecule has 1 rings (SSSR count). The molecule has 25 heavy (non-hydrogen) atoms. The van der Waals surface area contributed by atoms with Gasteiger partial charge in [-0.05, 0) is 19.4 Å². The summed E-state index contributed by atoms with van der Waals surface area (Å²) in [4.78, 5) is 34.8. The maximum absolute atomic E-state index is 12.0. The van der Waals surface area contributed by atoms with Gasteiger partial charge < -0.3 is 25.3 Å². The van der Waals surface area contributed by atoms with Crippen LogP contribution in [0.25, 0.3) is 0 Å². The first-order valence-electron chi connectivity index (χ1n) is 7.61. The molecule has 0 radical (unpaired) electrons. The Morgan fingerprint density at radius 3 is 2.60 bits per heavy atom. The van der Waals surface area contributed by atoms with E-state index in [1.807, 2.05) is 0 Å². The van der Waals surface area contributed by atoms with Gasteiger partial charge in [-0.25, -0.2) is 4.79 Å². The fourth-order valence-electron chi connectivity index (χ4n) is 1.85. The van der Waals surface area contributed by atoms with Gasteiger partial charge in [0, 0.05) is 19.0 Å². The number of amides is 1. The number of nitrogen functional groups attached to an aromatic ring is 1. The Hall–Kier alpha value is -2.48. The van der Waals surface area contributed by atoms with Crippen molar-refractivity contribution in [3.63, 3.8) is 0 Å². The van der Waals surface area contributed by atoms with Gasteiger partial charge in [0.1, 0.15) is 11.3 Å². The number of anilines is 1. The number of halogens is 1. The minimum Gasteiger partial charge on any atom is -0.496 e.